The molecule has 30 heavy (non-hydrogen) atoms. The van der Waals surface area contributed by atoms with Crippen LogP contribution in [0.5, 0.6) is 5.75 Å². The first-order chi connectivity index (χ1) is 14.5. The highest BCUT2D eigenvalue weighted by atomic mass is 16.5. The van der Waals surface area contributed by atoms with Crippen molar-refractivity contribution in [1.29, 1.82) is 0 Å². The van der Waals surface area contributed by atoms with Gasteiger partial charge in [-0.25, -0.2) is 4.79 Å². The number of nitrogens with zero attached hydrogens (tertiary/aromatic N) is 1. The van der Waals surface area contributed by atoms with Crippen LogP contribution in [-0.2, 0) is 14.3 Å². The molecule has 0 atom stereocenters. The fourth-order valence-corrected chi connectivity index (χ4v) is 3.42. The first kappa shape index (κ1) is 19.5. The van der Waals surface area contributed by atoms with Gasteiger partial charge in [-0.3, -0.25) is 9.59 Å². The molecule has 0 aliphatic carbocycles. The Kier molecular flexibility index (Phi) is 5.38. The number of methoxy groups -OCH3 is 1. The van der Waals surface area contributed by atoms with Gasteiger partial charge >= 0.3 is 5.97 Å². The van der Waals surface area contributed by atoms with Crippen molar-refractivity contribution in [3.05, 3.63) is 54.2 Å². The summed E-state index contributed by atoms with van der Waals surface area (Å²) < 4.78 is 10.3. The molecular weight excluding hydrogens is 386 g/mol. The number of hydrogen-bond donors (Lipinski definition) is 2. The molecule has 1 aromatic heterocycles. The number of carbonyl (C=O) groups excluding carboxylic acids is 3. The van der Waals surface area contributed by atoms with Crippen molar-refractivity contribution in [1.82, 2.24) is 4.98 Å². The molecule has 0 bridgehead atoms. The lowest BCUT2D eigenvalue weighted by atomic mass is 10.2. The van der Waals surface area contributed by atoms with E-state index in [1.165, 1.54) is 0 Å². The smallest absolute Gasteiger partial charge is 0.355 e. The number of fused-ring (bicyclic) bond motifs is 1. The minimum absolute atomic E-state index is 0.0726. The number of aromatic amines is 1. The molecule has 1 aliphatic heterocycles. The fourth-order valence-electron chi connectivity index (χ4n) is 3.42. The lowest BCUT2D eigenvalue weighted by molar-refractivity contribution is -0.119. The summed E-state index contributed by atoms with van der Waals surface area (Å²) in [4.78, 5) is 41.0. The van der Waals surface area contributed by atoms with Crippen molar-refractivity contribution < 1.29 is 23.9 Å². The summed E-state index contributed by atoms with van der Waals surface area (Å²) in [6, 6.07) is 14.1. The number of benzene rings is 2. The zero-order valence-corrected chi connectivity index (χ0v) is 16.4. The summed E-state index contributed by atoms with van der Waals surface area (Å²) >= 11 is 0. The molecule has 0 saturated carbocycles. The summed E-state index contributed by atoms with van der Waals surface area (Å²) in [6.07, 6.45) is 1.36. The Morgan fingerprint density at radius 3 is 2.80 bits per heavy atom. The molecule has 3 aromatic rings. The summed E-state index contributed by atoms with van der Waals surface area (Å²) in [7, 11) is 1.57. The molecule has 0 unspecified atom stereocenters. The topological polar surface area (TPSA) is 101 Å². The van der Waals surface area contributed by atoms with Crippen LogP contribution in [0, 0.1) is 0 Å². The van der Waals surface area contributed by atoms with Crippen LogP contribution in [-0.4, -0.2) is 43.0 Å². The number of esters is 1. The van der Waals surface area contributed by atoms with Crippen molar-refractivity contribution in [2.24, 2.45) is 0 Å². The van der Waals surface area contributed by atoms with Gasteiger partial charge in [0.2, 0.25) is 5.91 Å². The highest BCUT2D eigenvalue weighted by Crippen LogP contribution is 2.24. The van der Waals surface area contributed by atoms with E-state index >= 15 is 0 Å². The zero-order valence-electron chi connectivity index (χ0n) is 16.4. The van der Waals surface area contributed by atoms with E-state index in [0.29, 0.717) is 24.4 Å². The first-order valence-electron chi connectivity index (χ1n) is 9.57. The average molecular weight is 407 g/mol. The van der Waals surface area contributed by atoms with E-state index in [2.05, 4.69) is 10.3 Å². The van der Waals surface area contributed by atoms with Gasteiger partial charge in [0.05, 0.1) is 7.11 Å². The van der Waals surface area contributed by atoms with Crippen LogP contribution in [0.4, 0.5) is 11.4 Å². The van der Waals surface area contributed by atoms with Gasteiger partial charge in [-0.15, -0.1) is 0 Å². The quantitative estimate of drug-likeness (QED) is 0.612. The molecule has 2 aromatic carbocycles. The predicted molar refractivity (Wildman–Crippen MR) is 112 cm³/mol. The lowest BCUT2D eigenvalue weighted by Crippen LogP contribution is -2.24. The number of aromatic nitrogens is 1. The largest absolute Gasteiger partial charge is 0.497 e. The number of nitrogens with one attached hydrogen (secondary N) is 2. The standard InChI is InChI=1S/C22H21N3O5/c1-29-17-8-7-14-10-19(24-18(14)12-17)22(28)30-13-20(26)23-15-4-2-5-16(11-15)25-9-3-6-21(25)27/h2,4-5,7-8,10-12,24H,3,6,9,13H2,1H3,(H,23,26). The lowest BCUT2D eigenvalue weighted by Gasteiger charge is -2.16. The third kappa shape index (κ3) is 4.12. The monoisotopic (exact) mass is 407 g/mol. The van der Waals surface area contributed by atoms with Gasteiger partial charge in [-0.1, -0.05) is 6.07 Å². The van der Waals surface area contributed by atoms with Crippen LogP contribution >= 0.6 is 0 Å². The number of carbonyl (C=O) groups is 3. The number of H-pyrrole nitrogens is 1. The molecule has 154 valence electrons. The average Bonchev–Trinajstić information content (AvgIpc) is 3.37. The second-order valence-electron chi connectivity index (χ2n) is 6.96. The van der Waals surface area contributed by atoms with Crippen LogP contribution in [0.3, 0.4) is 0 Å². The van der Waals surface area contributed by atoms with E-state index in [1.807, 2.05) is 12.1 Å². The Hall–Kier alpha value is -3.81. The summed E-state index contributed by atoms with van der Waals surface area (Å²) in [5.74, 6) is -0.354. The molecule has 2 heterocycles. The van der Waals surface area contributed by atoms with Gasteiger partial charge in [0, 0.05) is 41.3 Å². The van der Waals surface area contributed by atoms with Crippen molar-refractivity contribution in [2.45, 2.75) is 12.8 Å². The molecule has 0 spiro atoms. The zero-order chi connectivity index (χ0) is 21.1. The van der Waals surface area contributed by atoms with Crippen LogP contribution in [0.15, 0.2) is 48.5 Å². The number of hydrogen-bond acceptors (Lipinski definition) is 5. The molecule has 8 nitrogen and oxygen atoms in total. The Bertz CT molecular complexity index is 1120. The van der Waals surface area contributed by atoms with E-state index < -0.39 is 18.5 Å². The van der Waals surface area contributed by atoms with E-state index in [9.17, 15) is 14.4 Å². The first-order valence-corrected chi connectivity index (χ1v) is 9.57. The molecule has 0 radical (unpaired) electrons. The SMILES string of the molecule is COc1ccc2cc(C(=O)OCC(=O)Nc3cccc(N4CCCC4=O)c3)[nH]c2c1. The normalized spacial score (nSPS) is 13.5. The van der Waals surface area contributed by atoms with E-state index in [4.69, 9.17) is 9.47 Å². The van der Waals surface area contributed by atoms with Gasteiger partial charge < -0.3 is 24.7 Å². The number of rotatable bonds is 6. The van der Waals surface area contributed by atoms with Gasteiger partial charge in [0.25, 0.3) is 5.91 Å². The summed E-state index contributed by atoms with van der Waals surface area (Å²) in [6.45, 7) is 0.245. The summed E-state index contributed by atoms with van der Waals surface area (Å²) in [5, 5.41) is 3.52. The van der Waals surface area contributed by atoms with Crippen molar-refractivity contribution in [3.63, 3.8) is 0 Å². The van der Waals surface area contributed by atoms with E-state index in [-0.39, 0.29) is 11.6 Å². The molecule has 2 N–H and O–H groups in total. The Balaban J connectivity index is 1.35. The highest BCUT2D eigenvalue weighted by Gasteiger charge is 2.22. The van der Waals surface area contributed by atoms with Gasteiger partial charge in [0.15, 0.2) is 6.61 Å². The van der Waals surface area contributed by atoms with E-state index in [1.54, 1.807) is 48.4 Å². The maximum Gasteiger partial charge on any atom is 0.355 e. The van der Waals surface area contributed by atoms with Crippen LogP contribution in [0.25, 0.3) is 10.9 Å². The second kappa shape index (κ2) is 8.28. The molecule has 1 saturated heterocycles. The van der Waals surface area contributed by atoms with Crippen molar-refractivity contribution in [2.75, 3.05) is 30.5 Å². The predicted octanol–water partition coefficient (Wildman–Crippen LogP) is 3.10. The Labute approximate surface area is 172 Å². The molecule has 8 heteroatoms. The second-order valence-corrected chi connectivity index (χ2v) is 6.96. The third-order valence-electron chi connectivity index (χ3n) is 4.90. The Morgan fingerprint density at radius 1 is 1.17 bits per heavy atom. The third-order valence-corrected chi connectivity index (χ3v) is 4.90. The molecule has 1 fully saturated rings. The summed E-state index contributed by atoms with van der Waals surface area (Å²) in [5.41, 5.74) is 2.26. The van der Waals surface area contributed by atoms with Gasteiger partial charge in [-0.2, -0.15) is 0 Å². The molecule has 2 amide bonds. The minimum atomic E-state index is -0.628. The van der Waals surface area contributed by atoms with E-state index in [0.717, 1.165) is 23.0 Å². The number of ether oxygens (including phenoxy) is 2. The van der Waals surface area contributed by atoms with Crippen molar-refractivity contribution >= 4 is 40.1 Å². The van der Waals surface area contributed by atoms with Gasteiger partial charge in [-0.05, 0) is 42.8 Å². The highest BCUT2D eigenvalue weighted by molar-refractivity contribution is 5.99. The van der Waals surface area contributed by atoms with Crippen LogP contribution < -0.4 is 15.0 Å². The number of anilines is 2. The fraction of sp³-hybridized carbons (Fsp3) is 0.227. The molecule has 1 aliphatic rings. The number of amides is 2. The maximum absolute atomic E-state index is 12.3. The molecular formula is C22H21N3O5. The maximum atomic E-state index is 12.3. The van der Waals surface area contributed by atoms with Crippen LogP contribution in [0.1, 0.15) is 23.3 Å². The minimum Gasteiger partial charge on any atom is -0.497 e. The molecule has 4 rings (SSSR count). The van der Waals surface area contributed by atoms with Crippen LogP contribution in [0.2, 0.25) is 0 Å². The van der Waals surface area contributed by atoms with Gasteiger partial charge in [0.1, 0.15) is 11.4 Å². The Morgan fingerprint density at radius 2 is 2.03 bits per heavy atom. The van der Waals surface area contributed by atoms with Crippen molar-refractivity contribution in [3.8, 4) is 5.75 Å².